The third-order valence-corrected chi connectivity index (χ3v) is 5.36. The number of rotatable bonds is 6. The van der Waals surface area contributed by atoms with Gasteiger partial charge in [-0.05, 0) is 50.1 Å². The second-order valence-corrected chi connectivity index (χ2v) is 7.14. The van der Waals surface area contributed by atoms with Gasteiger partial charge in [0, 0.05) is 37.0 Å². The number of amides is 1. The van der Waals surface area contributed by atoms with Gasteiger partial charge in [-0.15, -0.1) is 24.0 Å². The maximum Gasteiger partial charge on any atom is 0.251 e. The Morgan fingerprint density at radius 2 is 2.12 bits per heavy atom. The summed E-state index contributed by atoms with van der Waals surface area (Å²) >= 11 is 1.95. The third-order valence-electron chi connectivity index (χ3n) is 4.27. The van der Waals surface area contributed by atoms with Crippen LogP contribution in [0.3, 0.4) is 0 Å². The van der Waals surface area contributed by atoms with Crippen molar-refractivity contribution >= 4 is 47.6 Å². The molecule has 7 heteroatoms. The summed E-state index contributed by atoms with van der Waals surface area (Å²) in [5.74, 6) is 0.793. The summed E-state index contributed by atoms with van der Waals surface area (Å²) in [6.45, 7) is 3.20. The zero-order valence-electron chi connectivity index (χ0n) is 15.2. The molecule has 1 aliphatic carbocycles. The van der Waals surface area contributed by atoms with Crippen molar-refractivity contribution in [2.24, 2.45) is 4.99 Å². The molecular formula is C18H29IN4OS. The highest BCUT2D eigenvalue weighted by Crippen LogP contribution is 2.27. The fraction of sp³-hybridized carbons (Fsp3) is 0.556. The summed E-state index contributed by atoms with van der Waals surface area (Å²) in [7, 11) is 1.79. The number of guanidine groups is 1. The van der Waals surface area contributed by atoms with Crippen LogP contribution in [-0.2, 0) is 6.54 Å². The Kier molecular flexibility index (Phi) is 10.3. The lowest BCUT2D eigenvalue weighted by molar-refractivity contribution is 0.0955. The Hall–Kier alpha value is -0.960. The van der Waals surface area contributed by atoms with Gasteiger partial charge >= 0.3 is 0 Å². The van der Waals surface area contributed by atoms with Crippen LogP contribution in [0.2, 0.25) is 0 Å². The molecule has 1 aromatic carbocycles. The van der Waals surface area contributed by atoms with Crippen molar-refractivity contribution in [1.29, 1.82) is 0 Å². The smallest absolute Gasteiger partial charge is 0.251 e. The number of halogens is 1. The van der Waals surface area contributed by atoms with Gasteiger partial charge in [0.1, 0.15) is 0 Å². The quantitative estimate of drug-likeness (QED) is 0.336. The summed E-state index contributed by atoms with van der Waals surface area (Å²) in [4.78, 5) is 16.2. The highest BCUT2D eigenvalue weighted by Gasteiger charge is 2.24. The Labute approximate surface area is 172 Å². The van der Waals surface area contributed by atoms with Crippen molar-refractivity contribution in [1.82, 2.24) is 16.0 Å². The number of carbonyl (C=O) groups excluding carboxylic acids is 1. The van der Waals surface area contributed by atoms with Crippen LogP contribution in [0.4, 0.5) is 0 Å². The van der Waals surface area contributed by atoms with Crippen molar-refractivity contribution in [3.05, 3.63) is 35.4 Å². The van der Waals surface area contributed by atoms with E-state index < -0.39 is 0 Å². The summed E-state index contributed by atoms with van der Waals surface area (Å²) < 4.78 is 0. The van der Waals surface area contributed by atoms with E-state index in [0.717, 1.165) is 16.8 Å². The number of hydrogen-bond donors (Lipinski definition) is 3. The minimum Gasteiger partial charge on any atom is -0.354 e. The normalized spacial score (nSPS) is 19.9. The van der Waals surface area contributed by atoms with E-state index in [9.17, 15) is 4.79 Å². The first-order valence-corrected chi connectivity index (χ1v) is 9.82. The number of benzene rings is 1. The molecule has 1 amide bonds. The molecule has 2 rings (SSSR count). The number of aliphatic imine (C=N–C) groups is 1. The Balaban J connectivity index is 0.00000312. The Morgan fingerprint density at radius 1 is 1.32 bits per heavy atom. The third kappa shape index (κ3) is 7.05. The van der Waals surface area contributed by atoms with E-state index in [1.165, 1.54) is 19.3 Å². The average molecular weight is 476 g/mol. The van der Waals surface area contributed by atoms with Crippen LogP contribution in [0.5, 0.6) is 0 Å². The first kappa shape index (κ1) is 22.1. The van der Waals surface area contributed by atoms with E-state index in [1.807, 2.05) is 43.0 Å². The van der Waals surface area contributed by atoms with Gasteiger partial charge < -0.3 is 16.0 Å². The predicted molar refractivity (Wildman–Crippen MR) is 118 cm³/mol. The topological polar surface area (TPSA) is 65.5 Å². The monoisotopic (exact) mass is 476 g/mol. The molecule has 1 fully saturated rings. The van der Waals surface area contributed by atoms with Crippen molar-refractivity contribution in [2.75, 3.05) is 19.8 Å². The van der Waals surface area contributed by atoms with E-state index in [2.05, 4.69) is 27.2 Å². The number of nitrogens with one attached hydrogen (secondary N) is 3. The Morgan fingerprint density at radius 3 is 2.76 bits per heavy atom. The Bertz CT molecular complexity index is 582. The number of nitrogens with zero attached hydrogens (tertiary/aromatic N) is 1. The number of thioether (sulfide) groups is 1. The van der Waals surface area contributed by atoms with Crippen molar-refractivity contribution < 1.29 is 4.79 Å². The first-order chi connectivity index (χ1) is 11.7. The largest absolute Gasteiger partial charge is 0.354 e. The van der Waals surface area contributed by atoms with E-state index in [1.54, 1.807) is 7.05 Å². The lowest BCUT2D eigenvalue weighted by Gasteiger charge is -2.17. The van der Waals surface area contributed by atoms with Gasteiger partial charge in [0.05, 0.1) is 0 Å². The lowest BCUT2D eigenvalue weighted by Crippen LogP contribution is -2.42. The zero-order chi connectivity index (χ0) is 17.4. The zero-order valence-corrected chi connectivity index (χ0v) is 18.3. The standard InChI is InChI=1S/C18H28N4OS.HI/c1-4-20-17(23)14-7-5-6-13(10-14)12-21-18(19-2)22-15-8-9-16(11-15)24-3;/h5-7,10,15-16H,4,8-9,11-12H2,1-3H3,(H,20,23)(H2,19,21,22);1H. The molecule has 2 unspecified atom stereocenters. The minimum absolute atomic E-state index is 0. The average Bonchev–Trinajstić information content (AvgIpc) is 3.06. The fourth-order valence-electron chi connectivity index (χ4n) is 2.94. The molecule has 5 nitrogen and oxygen atoms in total. The maximum atomic E-state index is 11.9. The van der Waals surface area contributed by atoms with Crippen LogP contribution in [-0.4, -0.2) is 43.0 Å². The number of carbonyl (C=O) groups is 1. The molecule has 0 heterocycles. The second kappa shape index (κ2) is 11.6. The fourth-order valence-corrected chi connectivity index (χ4v) is 3.74. The van der Waals surface area contributed by atoms with Crippen LogP contribution < -0.4 is 16.0 Å². The molecular weight excluding hydrogens is 447 g/mol. The van der Waals surface area contributed by atoms with Crippen LogP contribution in [0.1, 0.15) is 42.1 Å². The number of hydrogen-bond acceptors (Lipinski definition) is 3. The summed E-state index contributed by atoms with van der Waals surface area (Å²) in [5.41, 5.74) is 1.76. The molecule has 0 radical (unpaired) electrons. The van der Waals surface area contributed by atoms with Crippen LogP contribution in [0.15, 0.2) is 29.3 Å². The van der Waals surface area contributed by atoms with Crippen molar-refractivity contribution in [2.45, 2.75) is 44.0 Å². The summed E-state index contributed by atoms with van der Waals surface area (Å²) in [6, 6.07) is 8.18. The van der Waals surface area contributed by atoms with Gasteiger partial charge in [-0.1, -0.05) is 12.1 Å². The predicted octanol–water partition coefficient (Wildman–Crippen LogP) is 3.00. The summed E-state index contributed by atoms with van der Waals surface area (Å²) in [6.07, 6.45) is 5.83. The van der Waals surface area contributed by atoms with Gasteiger partial charge in [0.25, 0.3) is 5.91 Å². The highest BCUT2D eigenvalue weighted by atomic mass is 127. The van der Waals surface area contributed by atoms with Crippen LogP contribution >= 0.6 is 35.7 Å². The molecule has 1 aliphatic rings. The van der Waals surface area contributed by atoms with Crippen molar-refractivity contribution in [3.63, 3.8) is 0 Å². The minimum atomic E-state index is -0.0316. The molecule has 0 aliphatic heterocycles. The first-order valence-electron chi connectivity index (χ1n) is 8.53. The molecule has 0 aromatic heterocycles. The van der Waals surface area contributed by atoms with E-state index in [0.29, 0.717) is 24.7 Å². The molecule has 3 N–H and O–H groups in total. The molecule has 0 spiro atoms. The molecule has 25 heavy (non-hydrogen) atoms. The maximum absolute atomic E-state index is 11.9. The van der Waals surface area contributed by atoms with E-state index in [4.69, 9.17) is 0 Å². The molecule has 140 valence electrons. The van der Waals surface area contributed by atoms with Crippen LogP contribution in [0, 0.1) is 0 Å². The molecule has 0 saturated heterocycles. The molecule has 2 atom stereocenters. The molecule has 0 bridgehead atoms. The van der Waals surface area contributed by atoms with Gasteiger partial charge in [-0.3, -0.25) is 9.79 Å². The van der Waals surface area contributed by atoms with Gasteiger partial charge in [0.2, 0.25) is 0 Å². The van der Waals surface area contributed by atoms with Gasteiger partial charge in [0.15, 0.2) is 5.96 Å². The van der Waals surface area contributed by atoms with Crippen LogP contribution in [0.25, 0.3) is 0 Å². The molecule has 1 aromatic rings. The summed E-state index contributed by atoms with van der Waals surface area (Å²) in [5, 5.41) is 10.4. The van der Waals surface area contributed by atoms with Crippen molar-refractivity contribution in [3.8, 4) is 0 Å². The SMILES string of the molecule is CCNC(=O)c1cccc(CNC(=NC)NC2CCC(SC)C2)c1.I. The van der Waals surface area contributed by atoms with E-state index >= 15 is 0 Å². The van der Waals surface area contributed by atoms with Gasteiger partial charge in [-0.25, -0.2) is 0 Å². The highest BCUT2D eigenvalue weighted by molar-refractivity contribution is 14.0. The lowest BCUT2D eigenvalue weighted by atomic mass is 10.1. The second-order valence-electron chi connectivity index (χ2n) is 6.00. The van der Waals surface area contributed by atoms with E-state index in [-0.39, 0.29) is 29.9 Å². The molecule has 1 saturated carbocycles. The van der Waals surface area contributed by atoms with Gasteiger partial charge in [-0.2, -0.15) is 11.8 Å².